The highest BCUT2D eigenvalue weighted by atomic mass is 16.5. The van der Waals surface area contributed by atoms with Gasteiger partial charge >= 0.3 is 5.97 Å². The van der Waals surface area contributed by atoms with Crippen molar-refractivity contribution in [2.45, 2.75) is 19.3 Å². The van der Waals surface area contributed by atoms with Gasteiger partial charge in [0, 0.05) is 18.1 Å². The Kier molecular flexibility index (Phi) is 2.90. The molecule has 0 aliphatic rings. The van der Waals surface area contributed by atoms with Gasteiger partial charge in [0.15, 0.2) is 0 Å². The van der Waals surface area contributed by atoms with E-state index in [1.54, 1.807) is 6.20 Å². The van der Waals surface area contributed by atoms with Gasteiger partial charge in [0.05, 0.1) is 13.0 Å². The SMILES string of the molecule is CCC(C(=O)OC)c1cccc2nccn12. The normalized spacial score (nSPS) is 12.6. The van der Waals surface area contributed by atoms with Crippen molar-refractivity contribution in [2.24, 2.45) is 0 Å². The zero-order valence-corrected chi connectivity index (χ0v) is 9.38. The molecule has 0 radical (unpaired) electrons. The molecule has 0 fully saturated rings. The first-order chi connectivity index (χ1) is 7.77. The molecule has 4 heteroatoms. The number of fused-ring (bicyclic) bond motifs is 1. The molecule has 1 atom stereocenters. The molecule has 0 aliphatic heterocycles. The highest BCUT2D eigenvalue weighted by Crippen LogP contribution is 2.21. The standard InChI is InChI=1S/C12H14N2O2/c1-3-9(12(15)16-2)10-5-4-6-11-13-7-8-14(10)11/h4-9H,3H2,1-2H3. The maximum atomic E-state index is 11.7. The molecule has 0 spiro atoms. The molecule has 0 aliphatic carbocycles. The lowest BCUT2D eigenvalue weighted by atomic mass is 10.0. The van der Waals surface area contributed by atoms with Gasteiger partial charge in [0.2, 0.25) is 0 Å². The second-order valence-electron chi connectivity index (χ2n) is 3.59. The smallest absolute Gasteiger partial charge is 0.314 e. The van der Waals surface area contributed by atoms with Crippen LogP contribution >= 0.6 is 0 Å². The maximum Gasteiger partial charge on any atom is 0.314 e. The van der Waals surface area contributed by atoms with Crippen LogP contribution in [-0.4, -0.2) is 22.5 Å². The molecule has 2 aromatic heterocycles. The molecule has 0 N–H and O–H groups in total. The lowest BCUT2D eigenvalue weighted by Crippen LogP contribution is -2.16. The van der Waals surface area contributed by atoms with Gasteiger partial charge in [-0.05, 0) is 18.6 Å². The number of ether oxygens (including phenoxy) is 1. The van der Waals surface area contributed by atoms with E-state index in [0.717, 1.165) is 11.3 Å². The quantitative estimate of drug-likeness (QED) is 0.740. The van der Waals surface area contributed by atoms with Gasteiger partial charge in [0.25, 0.3) is 0 Å². The third kappa shape index (κ3) is 1.66. The number of hydrogen-bond donors (Lipinski definition) is 0. The first-order valence-corrected chi connectivity index (χ1v) is 5.27. The molecule has 0 amide bonds. The summed E-state index contributed by atoms with van der Waals surface area (Å²) in [7, 11) is 1.42. The Morgan fingerprint density at radius 2 is 2.38 bits per heavy atom. The van der Waals surface area contributed by atoms with Crippen molar-refractivity contribution >= 4 is 11.6 Å². The average Bonchev–Trinajstić information content (AvgIpc) is 2.78. The molecule has 0 saturated heterocycles. The van der Waals surface area contributed by atoms with Gasteiger partial charge in [-0.2, -0.15) is 0 Å². The molecule has 2 heterocycles. The minimum absolute atomic E-state index is 0.205. The van der Waals surface area contributed by atoms with Crippen LogP contribution in [0.15, 0.2) is 30.6 Å². The van der Waals surface area contributed by atoms with Crippen LogP contribution in [0.25, 0.3) is 5.65 Å². The fraction of sp³-hybridized carbons (Fsp3) is 0.333. The summed E-state index contributed by atoms with van der Waals surface area (Å²) in [6, 6.07) is 5.75. The minimum atomic E-state index is -0.233. The predicted molar refractivity (Wildman–Crippen MR) is 60.2 cm³/mol. The summed E-state index contributed by atoms with van der Waals surface area (Å²) in [6.45, 7) is 1.97. The number of carbonyl (C=O) groups excluding carboxylic acids is 1. The van der Waals surface area contributed by atoms with Gasteiger partial charge in [-0.3, -0.25) is 4.79 Å². The molecule has 1 unspecified atom stereocenters. The Morgan fingerprint density at radius 1 is 1.56 bits per heavy atom. The number of carbonyl (C=O) groups is 1. The number of methoxy groups -OCH3 is 1. The number of pyridine rings is 1. The molecular formula is C12H14N2O2. The Labute approximate surface area is 93.9 Å². The second-order valence-corrected chi connectivity index (χ2v) is 3.59. The van der Waals surface area contributed by atoms with Crippen molar-refractivity contribution in [3.05, 3.63) is 36.3 Å². The van der Waals surface area contributed by atoms with Gasteiger partial charge in [-0.25, -0.2) is 4.98 Å². The molecule has 84 valence electrons. The summed E-state index contributed by atoms with van der Waals surface area (Å²) in [4.78, 5) is 15.8. The molecule has 0 aromatic carbocycles. The van der Waals surface area contributed by atoms with E-state index >= 15 is 0 Å². The van der Waals surface area contributed by atoms with E-state index in [4.69, 9.17) is 4.74 Å². The van der Waals surface area contributed by atoms with Crippen LogP contribution < -0.4 is 0 Å². The van der Waals surface area contributed by atoms with Gasteiger partial charge in [-0.1, -0.05) is 13.0 Å². The second kappa shape index (κ2) is 4.35. The van der Waals surface area contributed by atoms with Crippen molar-refractivity contribution in [3.63, 3.8) is 0 Å². The van der Waals surface area contributed by atoms with Crippen LogP contribution in [-0.2, 0) is 9.53 Å². The lowest BCUT2D eigenvalue weighted by Gasteiger charge is -2.14. The summed E-state index contributed by atoms with van der Waals surface area (Å²) in [5.74, 6) is -0.438. The van der Waals surface area contributed by atoms with E-state index < -0.39 is 0 Å². The molecule has 2 aromatic rings. The van der Waals surface area contributed by atoms with Crippen LogP contribution in [0.3, 0.4) is 0 Å². The largest absolute Gasteiger partial charge is 0.469 e. The summed E-state index contributed by atoms with van der Waals surface area (Å²) in [6.07, 6.45) is 4.29. The van der Waals surface area contributed by atoms with Crippen molar-refractivity contribution < 1.29 is 9.53 Å². The summed E-state index contributed by atoms with van der Waals surface area (Å²) < 4.78 is 6.73. The van der Waals surface area contributed by atoms with Crippen LogP contribution in [0.4, 0.5) is 0 Å². The number of esters is 1. The monoisotopic (exact) mass is 218 g/mol. The number of nitrogens with zero attached hydrogens (tertiary/aromatic N) is 2. The molecule has 4 nitrogen and oxygen atoms in total. The summed E-state index contributed by atoms with van der Waals surface area (Å²) in [5.41, 5.74) is 1.77. The maximum absolute atomic E-state index is 11.7. The summed E-state index contributed by atoms with van der Waals surface area (Å²) >= 11 is 0. The Hall–Kier alpha value is -1.84. The van der Waals surface area contributed by atoms with Crippen molar-refractivity contribution in [2.75, 3.05) is 7.11 Å². The molecule has 0 bridgehead atoms. The zero-order chi connectivity index (χ0) is 11.5. The zero-order valence-electron chi connectivity index (χ0n) is 9.38. The molecule has 0 saturated carbocycles. The van der Waals surface area contributed by atoms with Crippen LogP contribution in [0.2, 0.25) is 0 Å². The minimum Gasteiger partial charge on any atom is -0.469 e. The molecule has 16 heavy (non-hydrogen) atoms. The predicted octanol–water partition coefficient (Wildman–Crippen LogP) is 2.00. The lowest BCUT2D eigenvalue weighted by molar-refractivity contribution is -0.142. The third-order valence-electron chi connectivity index (χ3n) is 2.71. The number of hydrogen-bond acceptors (Lipinski definition) is 3. The highest BCUT2D eigenvalue weighted by Gasteiger charge is 2.21. The van der Waals surface area contributed by atoms with E-state index in [-0.39, 0.29) is 11.9 Å². The molecule has 2 rings (SSSR count). The van der Waals surface area contributed by atoms with Crippen LogP contribution in [0, 0.1) is 0 Å². The average molecular weight is 218 g/mol. The van der Waals surface area contributed by atoms with E-state index in [9.17, 15) is 4.79 Å². The first-order valence-electron chi connectivity index (χ1n) is 5.27. The number of rotatable bonds is 3. The number of aromatic nitrogens is 2. The Morgan fingerprint density at radius 3 is 3.06 bits per heavy atom. The highest BCUT2D eigenvalue weighted by molar-refractivity contribution is 5.77. The van der Waals surface area contributed by atoms with Gasteiger partial charge in [-0.15, -0.1) is 0 Å². The van der Waals surface area contributed by atoms with Crippen molar-refractivity contribution in [1.82, 2.24) is 9.38 Å². The first kappa shape index (κ1) is 10.7. The molecular weight excluding hydrogens is 204 g/mol. The van der Waals surface area contributed by atoms with E-state index in [1.807, 2.05) is 35.7 Å². The fourth-order valence-electron chi connectivity index (χ4n) is 1.89. The van der Waals surface area contributed by atoms with E-state index in [1.165, 1.54) is 7.11 Å². The topological polar surface area (TPSA) is 43.6 Å². The summed E-state index contributed by atoms with van der Waals surface area (Å²) in [5, 5.41) is 0. The van der Waals surface area contributed by atoms with Gasteiger partial charge in [0.1, 0.15) is 5.65 Å². The number of imidazole rings is 1. The van der Waals surface area contributed by atoms with Crippen LogP contribution in [0.1, 0.15) is 25.0 Å². The van der Waals surface area contributed by atoms with E-state index in [2.05, 4.69) is 4.98 Å². The van der Waals surface area contributed by atoms with Crippen LogP contribution in [0.5, 0.6) is 0 Å². The Bertz CT molecular complexity index is 504. The van der Waals surface area contributed by atoms with E-state index in [0.29, 0.717) is 6.42 Å². The third-order valence-corrected chi connectivity index (χ3v) is 2.71. The van der Waals surface area contributed by atoms with Crippen molar-refractivity contribution in [3.8, 4) is 0 Å². The van der Waals surface area contributed by atoms with Gasteiger partial charge < -0.3 is 9.14 Å². The van der Waals surface area contributed by atoms with Crippen molar-refractivity contribution in [1.29, 1.82) is 0 Å². The fourth-order valence-corrected chi connectivity index (χ4v) is 1.89. The Balaban J connectivity index is 2.52.